The van der Waals surface area contributed by atoms with Gasteiger partial charge in [0.2, 0.25) is 5.91 Å². The number of aliphatic hydroxyl groups is 8. The van der Waals surface area contributed by atoms with Crippen LogP contribution in [-0.4, -0.2) is 140 Å². The van der Waals surface area contributed by atoms with E-state index in [2.05, 4.69) is 31.3 Å². The average Bonchev–Trinajstić information content (AvgIpc) is 3.21. The Bertz CT molecular complexity index is 1060. The van der Waals surface area contributed by atoms with Crippen molar-refractivity contribution in [3.63, 3.8) is 0 Å². The summed E-state index contributed by atoms with van der Waals surface area (Å²) >= 11 is 0. The number of hydrogen-bond donors (Lipinski definition) is 9. The molecule has 2 rings (SSSR count). The van der Waals surface area contributed by atoms with Crippen LogP contribution in [0.15, 0.2) is 24.3 Å². The number of unbranched alkanes of at least 4 members (excludes halogenated alkanes) is 17. The molecule has 2 aliphatic heterocycles. The molecule has 1 amide bonds. The summed E-state index contributed by atoms with van der Waals surface area (Å²) < 4.78 is 22.5. The standard InChI is InChI=1S/C43H79NO13/c1-3-5-7-9-10-11-12-13-14-15-16-17-18-19-20-21-23-25-27-35(48)44-31(32(47)26-24-22-8-6-4-2)30-54-42-40(53)38(51)41(34(29-46)56-42)57-43-39(52)37(50)36(49)33(28-45)55-43/h14-15,24,26,31-34,36-43,45-47,49-53H,3-13,16-23,25,27-30H2,1-2H3,(H,44,48)/b15-14-,26-24+. The molecular formula is C43H79NO13. The first-order valence-corrected chi connectivity index (χ1v) is 22.1. The van der Waals surface area contributed by atoms with E-state index in [1.165, 1.54) is 70.6 Å². The van der Waals surface area contributed by atoms with Crippen LogP contribution in [0.25, 0.3) is 0 Å². The summed E-state index contributed by atoms with van der Waals surface area (Å²) in [5.41, 5.74) is 0. The Morgan fingerprint density at radius 2 is 1.11 bits per heavy atom. The Morgan fingerprint density at radius 3 is 1.70 bits per heavy atom. The molecule has 12 unspecified atom stereocenters. The smallest absolute Gasteiger partial charge is 0.220 e. The predicted molar refractivity (Wildman–Crippen MR) is 217 cm³/mol. The van der Waals surface area contributed by atoms with Gasteiger partial charge in [0, 0.05) is 6.42 Å². The fourth-order valence-corrected chi connectivity index (χ4v) is 7.16. The highest BCUT2D eigenvalue weighted by molar-refractivity contribution is 5.76. The van der Waals surface area contributed by atoms with Crippen LogP contribution in [0.5, 0.6) is 0 Å². The molecule has 14 nitrogen and oxygen atoms in total. The molecular weight excluding hydrogens is 738 g/mol. The van der Waals surface area contributed by atoms with Gasteiger partial charge < -0.3 is 65.1 Å². The van der Waals surface area contributed by atoms with Crippen LogP contribution in [-0.2, 0) is 23.7 Å². The van der Waals surface area contributed by atoms with Gasteiger partial charge in [-0.1, -0.05) is 122 Å². The monoisotopic (exact) mass is 818 g/mol. The molecule has 0 spiro atoms. The molecule has 0 aromatic rings. The van der Waals surface area contributed by atoms with E-state index in [1.807, 2.05) is 6.08 Å². The number of ether oxygens (including phenoxy) is 4. The van der Waals surface area contributed by atoms with Gasteiger partial charge in [0.05, 0.1) is 32.0 Å². The number of amides is 1. The maximum absolute atomic E-state index is 13.0. The van der Waals surface area contributed by atoms with Gasteiger partial charge in [0.15, 0.2) is 12.6 Å². The Kier molecular flexibility index (Phi) is 28.4. The van der Waals surface area contributed by atoms with E-state index in [0.29, 0.717) is 6.42 Å². The lowest BCUT2D eigenvalue weighted by Gasteiger charge is -2.46. The average molecular weight is 818 g/mol. The highest BCUT2D eigenvalue weighted by atomic mass is 16.7. The number of allylic oxidation sites excluding steroid dienone is 3. The van der Waals surface area contributed by atoms with Crippen molar-refractivity contribution < 1.29 is 64.6 Å². The van der Waals surface area contributed by atoms with Crippen LogP contribution in [0, 0.1) is 0 Å². The van der Waals surface area contributed by atoms with E-state index in [-0.39, 0.29) is 18.9 Å². The van der Waals surface area contributed by atoms with Gasteiger partial charge in [0.1, 0.15) is 48.8 Å². The molecule has 0 radical (unpaired) electrons. The topological polar surface area (TPSA) is 228 Å². The minimum absolute atomic E-state index is 0.253. The highest BCUT2D eigenvalue weighted by Crippen LogP contribution is 2.30. The zero-order valence-electron chi connectivity index (χ0n) is 34.8. The Balaban J connectivity index is 1.79. The predicted octanol–water partition coefficient (Wildman–Crippen LogP) is 3.82. The quantitative estimate of drug-likeness (QED) is 0.0348. The summed E-state index contributed by atoms with van der Waals surface area (Å²) in [4.78, 5) is 13.0. The SMILES string of the molecule is CCCCC/C=C/C(O)C(COC1OC(CO)C(OC2OC(CO)C(O)C(O)C2O)C(O)C1O)NC(=O)CCCCCCCCC/C=C\CCCCCCCCC. The molecule has 0 saturated carbocycles. The van der Waals surface area contributed by atoms with E-state index in [1.54, 1.807) is 6.08 Å². The van der Waals surface area contributed by atoms with Gasteiger partial charge in [-0.3, -0.25) is 4.79 Å². The van der Waals surface area contributed by atoms with Gasteiger partial charge in [-0.25, -0.2) is 0 Å². The summed E-state index contributed by atoms with van der Waals surface area (Å²) in [7, 11) is 0. The lowest BCUT2D eigenvalue weighted by Crippen LogP contribution is -2.65. The number of aliphatic hydroxyl groups excluding tert-OH is 8. The highest BCUT2D eigenvalue weighted by Gasteiger charge is 2.50. The van der Waals surface area contributed by atoms with E-state index in [4.69, 9.17) is 18.9 Å². The molecule has 2 aliphatic rings. The fraction of sp³-hybridized carbons (Fsp3) is 0.884. The third-order valence-corrected chi connectivity index (χ3v) is 10.9. The molecule has 0 aromatic heterocycles. The minimum atomic E-state index is -1.78. The van der Waals surface area contributed by atoms with Gasteiger partial charge in [-0.15, -0.1) is 0 Å². The summed E-state index contributed by atoms with van der Waals surface area (Å²) in [6.45, 7) is 2.63. The molecule has 0 aliphatic carbocycles. The third-order valence-electron chi connectivity index (χ3n) is 10.9. The minimum Gasteiger partial charge on any atom is -0.394 e. The lowest BCUT2D eigenvalue weighted by atomic mass is 9.97. The first-order valence-electron chi connectivity index (χ1n) is 22.1. The van der Waals surface area contributed by atoms with E-state index >= 15 is 0 Å². The molecule has 334 valence electrons. The van der Waals surface area contributed by atoms with Crippen molar-refractivity contribution in [3.05, 3.63) is 24.3 Å². The van der Waals surface area contributed by atoms with Crippen LogP contribution in [0.3, 0.4) is 0 Å². The second-order valence-electron chi connectivity index (χ2n) is 15.8. The normalized spacial score (nSPS) is 29.3. The van der Waals surface area contributed by atoms with Crippen molar-refractivity contribution in [3.8, 4) is 0 Å². The van der Waals surface area contributed by atoms with E-state index in [0.717, 1.165) is 51.4 Å². The van der Waals surface area contributed by atoms with Gasteiger partial charge >= 0.3 is 0 Å². The summed E-state index contributed by atoms with van der Waals surface area (Å²) in [5.74, 6) is -0.253. The zero-order chi connectivity index (χ0) is 41.8. The summed E-state index contributed by atoms with van der Waals surface area (Å²) in [5, 5.41) is 85.9. The molecule has 14 heteroatoms. The first-order chi connectivity index (χ1) is 27.6. The Morgan fingerprint density at radius 1 is 0.614 bits per heavy atom. The third kappa shape index (κ3) is 20.1. The number of carbonyl (C=O) groups is 1. The maximum atomic E-state index is 13.0. The van der Waals surface area contributed by atoms with Crippen LogP contribution in [0.4, 0.5) is 0 Å². The van der Waals surface area contributed by atoms with Crippen molar-refractivity contribution in [2.45, 2.75) is 222 Å². The van der Waals surface area contributed by atoms with E-state index in [9.17, 15) is 45.6 Å². The van der Waals surface area contributed by atoms with Crippen molar-refractivity contribution in [1.29, 1.82) is 0 Å². The number of carbonyl (C=O) groups excluding carboxylic acids is 1. The molecule has 12 atom stereocenters. The summed E-state index contributed by atoms with van der Waals surface area (Å²) in [6, 6.07) is -0.909. The number of rotatable bonds is 32. The zero-order valence-corrected chi connectivity index (χ0v) is 34.8. The van der Waals surface area contributed by atoms with Crippen molar-refractivity contribution >= 4 is 5.91 Å². The van der Waals surface area contributed by atoms with Crippen molar-refractivity contribution in [2.75, 3.05) is 19.8 Å². The Labute approximate surface area is 341 Å². The van der Waals surface area contributed by atoms with Crippen LogP contribution in [0.2, 0.25) is 0 Å². The maximum Gasteiger partial charge on any atom is 0.220 e. The molecule has 57 heavy (non-hydrogen) atoms. The largest absolute Gasteiger partial charge is 0.394 e. The van der Waals surface area contributed by atoms with Crippen LogP contribution >= 0.6 is 0 Å². The van der Waals surface area contributed by atoms with Crippen molar-refractivity contribution in [1.82, 2.24) is 5.32 Å². The molecule has 0 bridgehead atoms. The molecule has 9 N–H and O–H groups in total. The summed E-state index contributed by atoms with van der Waals surface area (Å²) in [6.07, 6.45) is 14.3. The van der Waals surface area contributed by atoms with E-state index < -0.39 is 86.8 Å². The Hall–Kier alpha value is -1.53. The number of nitrogens with one attached hydrogen (secondary N) is 1. The molecule has 2 saturated heterocycles. The van der Waals surface area contributed by atoms with Gasteiger partial charge in [0.25, 0.3) is 0 Å². The molecule has 2 fully saturated rings. The molecule has 0 aromatic carbocycles. The second-order valence-corrected chi connectivity index (χ2v) is 15.8. The second kappa shape index (κ2) is 31.4. The van der Waals surface area contributed by atoms with Crippen LogP contribution < -0.4 is 5.32 Å². The fourth-order valence-electron chi connectivity index (χ4n) is 7.16. The van der Waals surface area contributed by atoms with Gasteiger partial charge in [-0.2, -0.15) is 0 Å². The number of hydrogen-bond acceptors (Lipinski definition) is 13. The van der Waals surface area contributed by atoms with Crippen molar-refractivity contribution in [2.24, 2.45) is 0 Å². The molecule has 2 heterocycles. The van der Waals surface area contributed by atoms with Gasteiger partial charge in [-0.05, 0) is 44.9 Å². The lowest BCUT2D eigenvalue weighted by molar-refractivity contribution is -0.359. The first kappa shape index (κ1) is 51.6. The van der Waals surface area contributed by atoms with Crippen LogP contribution in [0.1, 0.15) is 149 Å².